The molecule has 2 heterocycles. The Morgan fingerprint density at radius 1 is 1.33 bits per heavy atom. The molecule has 1 aromatic carbocycles. The number of nitrogens with zero attached hydrogens (tertiary/aromatic N) is 1. The van der Waals surface area contributed by atoms with Gasteiger partial charge in [0.05, 0.1) is 24.0 Å². The summed E-state index contributed by atoms with van der Waals surface area (Å²) in [6.45, 7) is 4.95. The lowest BCUT2D eigenvalue weighted by Gasteiger charge is -2.20. The quantitative estimate of drug-likeness (QED) is 0.842. The minimum atomic E-state index is 0.262. The van der Waals surface area contributed by atoms with Crippen LogP contribution in [-0.4, -0.2) is 11.6 Å². The van der Waals surface area contributed by atoms with Gasteiger partial charge in [0.2, 0.25) is 0 Å². The number of hydrogen-bond acceptors (Lipinski definition) is 3. The second-order valence-electron chi connectivity index (χ2n) is 5.34. The van der Waals surface area contributed by atoms with Crippen LogP contribution in [0.25, 0.3) is 0 Å². The first kappa shape index (κ1) is 14.2. The van der Waals surface area contributed by atoms with Crippen LogP contribution in [0.4, 0.5) is 5.69 Å². The first-order valence-electron chi connectivity index (χ1n) is 7.32. The summed E-state index contributed by atoms with van der Waals surface area (Å²) < 4.78 is 5.57. The summed E-state index contributed by atoms with van der Waals surface area (Å²) in [5.41, 5.74) is 4.54. The summed E-state index contributed by atoms with van der Waals surface area (Å²) in [4.78, 5) is 4.30. The maximum absolute atomic E-state index is 5.92. The predicted molar refractivity (Wildman–Crippen MR) is 86.3 cm³/mol. The van der Waals surface area contributed by atoms with E-state index >= 15 is 0 Å². The number of anilines is 1. The van der Waals surface area contributed by atoms with Crippen molar-refractivity contribution in [3.63, 3.8) is 0 Å². The molecule has 0 bridgehead atoms. The van der Waals surface area contributed by atoms with Crippen LogP contribution in [0.2, 0.25) is 5.15 Å². The van der Waals surface area contributed by atoms with Crippen LogP contribution in [0.1, 0.15) is 36.2 Å². The Morgan fingerprint density at radius 3 is 2.95 bits per heavy atom. The van der Waals surface area contributed by atoms with Crippen LogP contribution >= 0.6 is 11.6 Å². The first-order valence-corrected chi connectivity index (χ1v) is 7.70. The SMILES string of the molecule is CCC(Nc1ccc(Cl)nc1C)c1ccc2c(c1)CCO2. The van der Waals surface area contributed by atoms with Crippen molar-refractivity contribution in [2.45, 2.75) is 32.7 Å². The molecule has 0 amide bonds. The molecule has 110 valence electrons. The average molecular weight is 303 g/mol. The van der Waals surface area contributed by atoms with E-state index < -0.39 is 0 Å². The second-order valence-corrected chi connectivity index (χ2v) is 5.72. The number of fused-ring (bicyclic) bond motifs is 1. The average Bonchev–Trinajstić information content (AvgIpc) is 2.94. The summed E-state index contributed by atoms with van der Waals surface area (Å²) in [7, 11) is 0. The zero-order valence-corrected chi connectivity index (χ0v) is 13.1. The van der Waals surface area contributed by atoms with E-state index in [2.05, 4.69) is 35.4 Å². The number of rotatable bonds is 4. The van der Waals surface area contributed by atoms with Crippen LogP contribution in [-0.2, 0) is 6.42 Å². The van der Waals surface area contributed by atoms with Crippen LogP contribution in [0, 0.1) is 6.92 Å². The van der Waals surface area contributed by atoms with E-state index in [-0.39, 0.29) is 6.04 Å². The van der Waals surface area contributed by atoms with Gasteiger partial charge in [0.1, 0.15) is 10.9 Å². The van der Waals surface area contributed by atoms with Crippen molar-refractivity contribution >= 4 is 17.3 Å². The maximum atomic E-state index is 5.92. The maximum Gasteiger partial charge on any atom is 0.129 e. The van der Waals surface area contributed by atoms with Crippen molar-refractivity contribution in [1.82, 2.24) is 4.98 Å². The highest BCUT2D eigenvalue weighted by atomic mass is 35.5. The summed E-state index contributed by atoms with van der Waals surface area (Å²) in [5, 5.41) is 4.10. The third kappa shape index (κ3) is 2.98. The van der Waals surface area contributed by atoms with Gasteiger partial charge in [-0.15, -0.1) is 0 Å². The van der Waals surface area contributed by atoms with E-state index in [1.54, 1.807) is 0 Å². The van der Waals surface area contributed by atoms with E-state index in [1.807, 2.05) is 19.1 Å². The van der Waals surface area contributed by atoms with E-state index in [4.69, 9.17) is 16.3 Å². The van der Waals surface area contributed by atoms with Crippen molar-refractivity contribution in [3.8, 4) is 5.75 Å². The Balaban J connectivity index is 1.85. The van der Waals surface area contributed by atoms with Gasteiger partial charge in [-0.05, 0) is 48.7 Å². The van der Waals surface area contributed by atoms with Gasteiger partial charge in [0.15, 0.2) is 0 Å². The molecule has 1 aliphatic heterocycles. The molecule has 1 aliphatic rings. The Morgan fingerprint density at radius 2 is 2.19 bits per heavy atom. The fourth-order valence-electron chi connectivity index (χ4n) is 2.72. The van der Waals surface area contributed by atoms with Gasteiger partial charge in [0.25, 0.3) is 0 Å². The summed E-state index contributed by atoms with van der Waals surface area (Å²) in [6, 6.07) is 10.5. The number of aryl methyl sites for hydroxylation is 1. The van der Waals surface area contributed by atoms with Crippen molar-refractivity contribution in [2.24, 2.45) is 0 Å². The molecular weight excluding hydrogens is 284 g/mol. The van der Waals surface area contributed by atoms with Gasteiger partial charge in [0, 0.05) is 6.42 Å². The van der Waals surface area contributed by atoms with Gasteiger partial charge >= 0.3 is 0 Å². The molecule has 4 heteroatoms. The van der Waals surface area contributed by atoms with E-state index in [1.165, 1.54) is 11.1 Å². The third-order valence-corrected chi connectivity index (χ3v) is 4.12. The highest BCUT2D eigenvalue weighted by Crippen LogP contribution is 2.31. The van der Waals surface area contributed by atoms with Gasteiger partial charge in [-0.2, -0.15) is 0 Å². The number of hydrogen-bond donors (Lipinski definition) is 1. The molecule has 2 aromatic rings. The third-order valence-electron chi connectivity index (χ3n) is 3.91. The van der Waals surface area contributed by atoms with Gasteiger partial charge in [-0.3, -0.25) is 0 Å². The molecule has 0 saturated carbocycles. The topological polar surface area (TPSA) is 34.2 Å². The molecule has 1 N–H and O–H groups in total. The molecule has 3 rings (SSSR count). The fraction of sp³-hybridized carbons (Fsp3) is 0.353. The number of nitrogens with one attached hydrogen (secondary N) is 1. The Kier molecular flexibility index (Phi) is 4.02. The van der Waals surface area contributed by atoms with Crippen molar-refractivity contribution < 1.29 is 4.74 Å². The van der Waals surface area contributed by atoms with Crippen LogP contribution in [0.5, 0.6) is 5.75 Å². The van der Waals surface area contributed by atoms with E-state index in [9.17, 15) is 0 Å². The zero-order chi connectivity index (χ0) is 14.8. The molecule has 1 atom stereocenters. The lowest BCUT2D eigenvalue weighted by Crippen LogP contribution is -2.11. The van der Waals surface area contributed by atoms with Gasteiger partial charge in [-0.25, -0.2) is 4.98 Å². The molecule has 0 radical (unpaired) electrons. The Bertz CT molecular complexity index is 657. The number of benzene rings is 1. The minimum absolute atomic E-state index is 0.262. The normalized spacial score (nSPS) is 14.4. The summed E-state index contributed by atoms with van der Waals surface area (Å²) >= 11 is 5.92. The standard InChI is InChI=1S/C17H19ClN2O/c1-3-14(20-15-5-7-17(18)19-11(15)2)12-4-6-16-13(10-12)8-9-21-16/h4-7,10,14,20H,3,8-9H2,1-2H3. The predicted octanol–water partition coefficient (Wildman–Crippen LogP) is 4.54. The molecular formula is C17H19ClN2O. The highest BCUT2D eigenvalue weighted by Gasteiger charge is 2.16. The number of aromatic nitrogens is 1. The number of halogens is 1. The van der Waals surface area contributed by atoms with Gasteiger partial charge in [-0.1, -0.05) is 24.6 Å². The second kappa shape index (κ2) is 5.94. The molecule has 3 nitrogen and oxygen atoms in total. The lowest BCUT2D eigenvalue weighted by atomic mass is 10.0. The molecule has 1 unspecified atom stereocenters. The Hall–Kier alpha value is -1.74. The number of ether oxygens (including phenoxy) is 1. The zero-order valence-electron chi connectivity index (χ0n) is 12.3. The highest BCUT2D eigenvalue weighted by molar-refractivity contribution is 6.29. The first-order chi connectivity index (χ1) is 10.2. The van der Waals surface area contributed by atoms with Crippen molar-refractivity contribution in [2.75, 3.05) is 11.9 Å². The van der Waals surface area contributed by atoms with Crippen LogP contribution in [0.15, 0.2) is 30.3 Å². The van der Waals surface area contributed by atoms with Crippen molar-refractivity contribution in [1.29, 1.82) is 0 Å². The van der Waals surface area contributed by atoms with E-state index in [0.29, 0.717) is 5.15 Å². The largest absolute Gasteiger partial charge is 0.493 e. The Labute approximate surface area is 130 Å². The van der Waals surface area contributed by atoms with Crippen LogP contribution in [0.3, 0.4) is 0 Å². The smallest absolute Gasteiger partial charge is 0.129 e. The minimum Gasteiger partial charge on any atom is -0.493 e. The molecule has 1 aromatic heterocycles. The summed E-state index contributed by atoms with van der Waals surface area (Å²) in [6.07, 6.45) is 2.00. The summed E-state index contributed by atoms with van der Waals surface area (Å²) in [5.74, 6) is 1.03. The van der Waals surface area contributed by atoms with Crippen LogP contribution < -0.4 is 10.1 Å². The lowest BCUT2D eigenvalue weighted by molar-refractivity contribution is 0.357. The molecule has 0 fully saturated rings. The molecule has 0 spiro atoms. The molecule has 21 heavy (non-hydrogen) atoms. The van der Waals surface area contributed by atoms with Crippen molar-refractivity contribution in [3.05, 3.63) is 52.3 Å². The monoisotopic (exact) mass is 302 g/mol. The molecule has 0 saturated heterocycles. The van der Waals surface area contributed by atoms with Gasteiger partial charge < -0.3 is 10.1 Å². The molecule has 0 aliphatic carbocycles. The number of pyridine rings is 1. The fourth-order valence-corrected chi connectivity index (χ4v) is 2.90. The van der Waals surface area contributed by atoms with E-state index in [0.717, 1.165) is 36.6 Å².